The van der Waals surface area contributed by atoms with E-state index in [0.29, 0.717) is 11.8 Å². The van der Waals surface area contributed by atoms with Crippen LogP contribution < -0.4 is 0 Å². The van der Waals surface area contributed by atoms with Gasteiger partial charge in [-0.25, -0.2) is 0 Å². The Bertz CT molecular complexity index is 110. The fourth-order valence-electron chi connectivity index (χ4n) is 0.303. The standard InChI is InChI=1S/C5H8Br2O2/c1-2-5(7,3-6)4(8)9/h2-3H2,1H3,(H,8,9). The molecule has 1 atom stereocenters. The summed E-state index contributed by atoms with van der Waals surface area (Å²) < 4.78 is -0.771. The second-order valence-corrected chi connectivity index (χ2v) is 3.84. The summed E-state index contributed by atoms with van der Waals surface area (Å²) in [5, 5.41) is 8.99. The Morgan fingerprint density at radius 1 is 1.78 bits per heavy atom. The number of halogens is 2. The smallest absolute Gasteiger partial charge is 0.321 e. The summed E-state index contributed by atoms with van der Waals surface area (Å²) in [4.78, 5) is 10.4. The molecule has 0 aliphatic heterocycles. The lowest BCUT2D eigenvalue weighted by Gasteiger charge is -2.16. The Morgan fingerprint density at radius 3 is 2.22 bits per heavy atom. The number of carbonyl (C=O) groups is 1. The molecule has 4 heteroatoms. The lowest BCUT2D eigenvalue weighted by Crippen LogP contribution is -2.32. The number of alkyl halides is 2. The van der Waals surface area contributed by atoms with Gasteiger partial charge in [0, 0.05) is 5.33 Å². The van der Waals surface area contributed by atoms with Gasteiger partial charge in [0.05, 0.1) is 0 Å². The first kappa shape index (κ1) is 9.43. The van der Waals surface area contributed by atoms with E-state index < -0.39 is 10.3 Å². The molecule has 1 N–H and O–H groups in total. The van der Waals surface area contributed by atoms with E-state index in [2.05, 4.69) is 31.9 Å². The third kappa shape index (κ3) is 2.26. The molecule has 0 spiro atoms. The molecule has 9 heavy (non-hydrogen) atoms. The molecule has 54 valence electrons. The van der Waals surface area contributed by atoms with E-state index in [-0.39, 0.29) is 0 Å². The van der Waals surface area contributed by atoms with Gasteiger partial charge in [0.15, 0.2) is 0 Å². The molecule has 0 bridgehead atoms. The number of hydrogen-bond donors (Lipinski definition) is 1. The maximum Gasteiger partial charge on any atom is 0.321 e. The molecule has 0 saturated carbocycles. The van der Waals surface area contributed by atoms with E-state index in [4.69, 9.17) is 5.11 Å². The van der Waals surface area contributed by atoms with E-state index in [1.54, 1.807) is 0 Å². The van der Waals surface area contributed by atoms with Crippen molar-refractivity contribution in [2.45, 2.75) is 17.7 Å². The second kappa shape index (κ2) is 3.56. The van der Waals surface area contributed by atoms with Crippen LogP contribution in [0.2, 0.25) is 0 Å². The van der Waals surface area contributed by atoms with Crippen LogP contribution in [0.1, 0.15) is 13.3 Å². The normalized spacial score (nSPS) is 16.8. The van der Waals surface area contributed by atoms with Crippen LogP contribution in [0, 0.1) is 0 Å². The van der Waals surface area contributed by atoms with Gasteiger partial charge in [-0.2, -0.15) is 0 Å². The maximum absolute atomic E-state index is 10.4. The quantitative estimate of drug-likeness (QED) is 0.788. The molecule has 0 radical (unpaired) electrons. The van der Waals surface area contributed by atoms with Crippen molar-refractivity contribution in [3.8, 4) is 0 Å². The monoisotopic (exact) mass is 258 g/mol. The first-order chi connectivity index (χ1) is 4.06. The molecular formula is C5H8Br2O2. The van der Waals surface area contributed by atoms with Crippen LogP contribution in [0.4, 0.5) is 0 Å². The second-order valence-electron chi connectivity index (χ2n) is 1.76. The van der Waals surface area contributed by atoms with Crippen molar-refractivity contribution in [3.05, 3.63) is 0 Å². The summed E-state index contributed by atoms with van der Waals surface area (Å²) in [6.45, 7) is 1.82. The summed E-state index contributed by atoms with van der Waals surface area (Å²) in [5.41, 5.74) is 0. The minimum atomic E-state index is -0.818. The average molecular weight is 260 g/mol. The molecule has 0 heterocycles. The Labute approximate surface area is 70.9 Å². The molecular weight excluding hydrogens is 252 g/mol. The van der Waals surface area contributed by atoms with Crippen LogP contribution >= 0.6 is 31.9 Å². The van der Waals surface area contributed by atoms with Crippen molar-refractivity contribution in [2.24, 2.45) is 0 Å². The van der Waals surface area contributed by atoms with E-state index in [1.807, 2.05) is 6.92 Å². The minimum Gasteiger partial charge on any atom is -0.480 e. The van der Waals surface area contributed by atoms with E-state index in [0.717, 1.165) is 0 Å². The van der Waals surface area contributed by atoms with Gasteiger partial charge in [-0.05, 0) is 6.42 Å². The number of aliphatic carboxylic acids is 1. The predicted molar refractivity (Wildman–Crippen MR) is 43.4 cm³/mol. The molecule has 0 aliphatic carbocycles. The van der Waals surface area contributed by atoms with Crippen molar-refractivity contribution >= 4 is 37.8 Å². The molecule has 0 fully saturated rings. The van der Waals surface area contributed by atoms with Crippen LogP contribution in [-0.2, 0) is 4.79 Å². The van der Waals surface area contributed by atoms with Crippen LogP contribution in [0.15, 0.2) is 0 Å². The fourth-order valence-corrected chi connectivity index (χ4v) is 0.939. The van der Waals surface area contributed by atoms with Gasteiger partial charge in [0.1, 0.15) is 4.32 Å². The van der Waals surface area contributed by atoms with Gasteiger partial charge >= 0.3 is 5.97 Å². The predicted octanol–water partition coefficient (Wildman–Crippen LogP) is 2.01. The fraction of sp³-hybridized carbons (Fsp3) is 0.800. The SMILES string of the molecule is CCC(Br)(CBr)C(=O)O. The van der Waals surface area contributed by atoms with Gasteiger partial charge in [-0.3, -0.25) is 4.79 Å². The Hall–Kier alpha value is 0.430. The Morgan fingerprint density at radius 2 is 2.22 bits per heavy atom. The highest BCUT2D eigenvalue weighted by atomic mass is 79.9. The molecule has 0 aromatic rings. The van der Waals surface area contributed by atoms with Gasteiger partial charge in [-0.15, -0.1) is 0 Å². The summed E-state index contributed by atoms with van der Waals surface area (Å²) in [6.07, 6.45) is 0.577. The average Bonchev–Trinajstić information content (AvgIpc) is 1.86. The maximum atomic E-state index is 10.4. The molecule has 0 aromatic carbocycles. The van der Waals surface area contributed by atoms with Crippen LogP contribution in [0.3, 0.4) is 0 Å². The highest BCUT2D eigenvalue weighted by Crippen LogP contribution is 2.24. The van der Waals surface area contributed by atoms with Crippen molar-refractivity contribution in [1.82, 2.24) is 0 Å². The minimum absolute atomic E-state index is 0.436. The lowest BCUT2D eigenvalue weighted by molar-refractivity contribution is -0.139. The Kier molecular flexibility index (Phi) is 3.73. The summed E-state index contributed by atoms with van der Waals surface area (Å²) in [7, 11) is 0. The molecule has 0 aromatic heterocycles. The first-order valence-corrected chi connectivity index (χ1v) is 4.46. The van der Waals surface area contributed by atoms with Crippen LogP contribution in [0.5, 0.6) is 0 Å². The first-order valence-electron chi connectivity index (χ1n) is 2.55. The third-order valence-electron chi connectivity index (χ3n) is 1.16. The van der Waals surface area contributed by atoms with Crippen molar-refractivity contribution < 1.29 is 9.90 Å². The number of carboxylic acids is 1. The van der Waals surface area contributed by atoms with Crippen molar-refractivity contribution in [2.75, 3.05) is 5.33 Å². The largest absolute Gasteiger partial charge is 0.480 e. The third-order valence-corrected chi connectivity index (χ3v) is 4.05. The number of carboxylic acid groups (broad SMARTS) is 1. The lowest BCUT2D eigenvalue weighted by atomic mass is 10.1. The zero-order valence-corrected chi connectivity index (χ0v) is 8.20. The van der Waals surface area contributed by atoms with Gasteiger partial charge < -0.3 is 5.11 Å². The topological polar surface area (TPSA) is 37.3 Å². The molecule has 0 saturated heterocycles. The molecule has 0 amide bonds. The molecule has 0 rings (SSSR count). The summed E-state index contributed by atoms with van der Waals surface area (Å²) in [6, 6.07) is 0. The highest BCUT2D eigenvalue weighted by Gasteiger charge is 2.31. The van der Waals surface area contributed by atoms with Crippen molar-refractivity contribution in [1.29, 1.82) is 0 Å². The molecule has 0 aliphatic rings. The Balaban J connectivity index is 4.09. The van der Waals surface area contributed by atoms with E-state index in [9.17, 15) is 4.79 Å². The van der Waals surface area contributed by atoms with Crippen molar-refractivity contribution in [3.63, 3.8) is 0 Å². The van der Waals surface area contributed by atoms with Gasteiger partial charge in [0.2, 0.25) is 0 Å². The van der Waals surface area contributed by atoms with E-state index in [1.165, 1.54) is 0 Å². The van der Waals surface area contributed by atoms with Crippen LogP contribution in [-0.4, -0.2) is 20.7 Å². The number of hydrogen-bond acceptors (Lipinski definition) is 1. The number of rotatable bonds is 3. The van der Waals surface area contributed by atoms with Gasteiger partial charge in [-0.1, -0.05) is 38.8 Å². The van der Waals surface area contributed by atoms with Crippen LogP contribution in [0.25, 0.3) is 0 Å². The zero-order chi connectivity index (χ0) is 7.49. The van der Waals surface area contributed by atoms with Gasteiger partial charge in [0.25, 0.3) is 0 Å². The molecule has 2 nitrogen and oxygen atoms in total. The zero-order valence-electron chi connectivity index (χ0n) is 5.03. The van der Waals surface area contributed by atoms with E-state index >= 15 is 0 Å². The highest BCUT2D eigenvalue weighted by molar-refractivity contribution is 9.12. The molecule has 1 unspecified atom stereocenters. The summed E-state index contributed by atoms with van der Waals surface area (Å²) in [5.74, 6) is -0.818. The summed E-state index contributed by atoms with van der Waals surface area (Å²) >= 11 is 6.21.